The molecule has 0 saturated carbocycles. The Morgan fingerprint density at radius 2 is 2.12 bits per heavy atom. The molecule has 0 aromatic rings. The van der Waals surface area contributed by atoms with Gasteiger partial charge in [0, 0.05) is 0 Å². The van der Waals surface area contributed by atoms with Gasteiger partial charge in [-0.2, -0.15) is 0 Å². The largest absolute Gasteiger partial charge is 0.693 e. The Kier molecular flexibility index (Phi) is 9.04. The van der Waals surface area contributed by atoms with Gasteiger partial charge in [0.05, 0.1) is 0 Å². The molecular formula is C5H8N2Ni-2. The first-order chi connectivity index (χ1) is 3.27. The summed E-state index contributed by atoms with van der Waals surface area (Å²) in [6.07, 6.45) is 4.55. The molecule has 0 rings (SSSR count). The standard InChI is InChI=1S/C5H6N.H2N.Ni/c1-2-3-4-5-6;;/h1-4H,6H2;1H2;/q2*-1;/b4-3-;;. The summed E-state index contributed by atoms with van der Waals surface area (Å²) in [6, 6.07) is 0. The van der Waals surface area contributed by atoms with Crippen LogP contribution in [0.4, 0.5) is 0 Å². The van der Waals surface area contributed by atoms with Gasteiger partial charge < -0.3 is 6.15 Å². The second-order valence-electron chi connectivity index (χ2n) is 0.901. The molecule has 0 saturated heterocycles. The van der Waals surface area contributed by atoms with E-state index in [2.05, 4.69) is 15.0 Å². The van der Waals surface area contributed by atoms with Crippen molar-refractivity contribution in [1.82, 2.24) is 0 Å². The number of allylic oxidation sites excluding steroid dienone is 2. The summed E-state index contributed by atoms with van der Waals surface area (Å²) in [6.45, 7) is 4.95. The van der Waals surface area contributed by atoms with Gasteiger partial charge in [-0.05, 0) is 0 Å². The zero-order valence-electron chi connectivity index (χ0n) is 4.28. The summed E-state index contributed by atoms with van der Waals surface area (Å²) >= 11 is 4.21. The minimum Gasteiger partial charge on any atom is -0.693 e. The van der Waals surface area contributed by atoms with Crippen LogP contribution in [0.15, 0.2) is 18.2 Å². The minimum atomic E-state index is 0. The van der Waals surface area contributed by atoms with Crippen molar-refractivity contribution < 1.29 is 15.0 Å². The van der Waals surface area contributed by atoms with Crippen molar-refractivity contribution in [1.29, 1.82) is 0 Å². The third kappa shape index (κ3) is 9.23. The summed E-state index contributed by atoms with van der Waals surface area (Å²) in [5.41, 5.74) is 5.07. The van der Waals surface area contributed by atoms with E-state index in [9.17, 15) is 0 Å². The molecule has 50 valence electrons. The third-order valence-corrected chi connectivity index (χ3v) is 0.521. The van der Waals surface area contributed by atoms with E-state index >= 15 is 0 Å². The van der Waals surface area contributed by atoms with Crippen molar-refractivity contribution in [2.45, 2.75) is 0 Å². The predicted octanol–water partition coefficient (Wildman–Crippen LogP) is 0.884. The Morgan fingerprint density at radius 3 is 2.25 bits per heavy atom. The molecule has 0 spiro atoms. The zero-order chi connectivity index (χ0) is 5.70. The maximum Gasteiger partial charge on any atom is -0.693 e. The average molecular weight is 155 g/mol. The molecule has 0 aromatic carbocycles. The van der Waals surface area contributed by atoms with Crippen LogP contribution in [0.25, 0.3) is 6.15 Å². The molecule has 0 unspecified atom stereocenters. The van der Waals surface area contributed by atoms with Crippen molar-refractivity contribution in [3.05, 3.63) is 31.0 Å². The molecule has 0 aliphatic heterocycles. The fourth-order valence-corrected chi connectivity index (χ4v) is 0.237. The summed E-state index contributed by atoms with van der Waals surface area (Å²) in [4.78, 5) is 0. The van der Waals surface area contributed by atoms with Crippen LogP contribution in [0.5, 0.6) is 0 Å². The summed E-state index contributed by atoms with van der Waals surface area (Å²) in [7, 11) is 0. The van der Waals surface area contributed by atoms with E-state index in [1.165, 1.54) is 6.08 Å². The number of rotatable bonds is 2. The Hall–Kier alpha value is -0.236. The normalized spacial score (nSPS) is 8.38. The van der Waals surface area contributed by atoms with Gasteiger partial charge in [0.15, 0.2) is 0 Å². The number of nitrogens with two attached hydrogens (primary N) is 2. The SMILES string of the molecule is [CH-]=C/C=C\[C](N)=[Ni].[NH2-]. The summed E-state index contributed by atoms with van der Waals surface area (Å²) in [5, 5.41) is 0. The first-order valence-corrected chi connectivity index (χ1v) is 2.23. The summed E-state index contributed by atoms with van der Waals surface area (Å²) in [5.74, 6) is 0. The molecule has 2 nitrogen and oxygen atoms in total. The quantitative estimate of drug-likeness (QED) is 0.359. The van der Waals surface area contributed by atoms with Crippen molar-refractivity contribution in [3.8, 4) is 0 Å². The molecule has 4 N–H and O–H groups in total. The van der Waals surface area contributed by atoms with Crippen LogP contribution in [-0.4, -0.2) is 4.61 Å². The van der Waals surface area contributed by atoms with Crippen LogP contribution in [0.1, 0.15) is 0 Å². The minimum absolute atomic E-state index is 0. The fraction of sp³-hybridized carbons (Fsp3) is 0. The Balaban J connectivity index is 0. The Morgan fingerprint density at radius 1 is 1.62 bits per heavy atom. The second-order valence-corrected chi connectivity index (χ2v) is 1.47. The molecule has 0 amide bonds. The summed E-state index contributed by atoms with van der Waals surface area (Å²) < 4.78 is 0.390. The molecule has 8 heavy (non-hydrogen) atoms. The van der Waals surface area contributed by atoms with Gasteiger partial charge >= 0.3 is 50.2 Å². The van der Waals surface area contributed by atoms with Crippen molar-refractivity contribution in [2.24, 2.45) is 5.73 Å². The molecule has 0 aliphatic carbocycles. The third-order valence-electron chi connectivity index (χ3n) is 0.356. The molecule has 0 heterocycles. The van der Waals surface area contributed by atoms with Gasteiger partial charge in [0.25, 0.3) is 0 Å². The van der Waals surface area contributed by atoms with Gasteiger partial charge in [0.1, 0.15) is 0 Å². The number of hydrogen-bond donors (Lipinski definition) is 1. The molecule has 0 bridgehead atoms. The van der Waals surface area contributed by atoms with E-state index in [4.69, 9.17) is 12.3 Å². The fourth-order valence-electron chi connectivity index (χ4n) is 0.142. The van der Waals surface area contributed by atoms with E-state index in [-0.39, 0.29) is 6.15 Å². The van der Waals surface area contributed by atoms with Gasteiger partial charge in [-0.3, -0.25) is 0 Å². The van der Waals surface area contributed by atoms with E-state index in [0.717, 1.165) is 0 Å². The average Bonchev–Trinajstić information content (AvgIpc) is 1.61. The predicted molar refractivity (Wildman–Crippen MR) is 32.5 cm³/mol. The zero-order valence-corrected chi connectivity index (χ0v) is 5.27. The first-order valence-electron chi connectivity index (χ1n) is 1.74. The molecule has 0 fully saturated rings. The molecule has 0 aromatic heterocycles. The van der Waals surface area contributed by atoms with Crippen LogP contribution in [0.3, 0.4) is 0 Å². The van der Waals surface area contributed by atoms with Crippen molar-refractivity contribution >= 4 is 4.61 Å². The van der Waals surface area contributed by atoms with Crippen LogP contribution >= 0.6 is 0 Å². The van der Waals surface area contributed by atoms with E-state index in [0.29, 0.717) is 4.61 Å². The monoisotopic (exact) mass is 154 g/mol. The molecule has 0 atom stereocenters. The maximum absolute atomic E-state index is 5.07. The van der Waals surface area contributed by atoms with Gasteiger partial charge in [-0.15, -0.1) is 0 Å². The van der Waals surface area contributed by atoms with Crippen molar-refractivity contribution in [3.63, 3.8) is 0 Å². The van der Waals surface area contributed by atoms with Crippen LogP contribution in [-0.2, 0) is 15.0 Å². The van der Waals surface area contributed by atoms with E-state index < -0.39 is 0 Å². The second kappa shape index (κ2) is 6.76. The molecule has 3 heteroatoms. The van der Waals surface area contributed by atoms with Crippen LogP contribution in [0.2, 0.25) is 0 Å². The first kappa shape index (κ1) is 10.7. The van der Waals surface area contributed by atoms with Crippen LogP contribution in [0, 0.1) is 6.58 Å². The van der Waals surface area contributed by atoms with E-state index in [1.807, 2.05) is 0 Å². The van der Waals surface area contributed by atoms with Gasteiger partial charge in [0.2, 0.25) is 0 Å². The van der Waals surface area contributed by atoms with Gasteiger partial charge in [-0.1, -0.05) is 0 Å². The van der Waals surface area contributed by atoms with Gasteiger partial charge in [-0.25, -0.2) is 0 Å². The maximum atomic E-state index is 5.07. The van der Waals surface area contributed by atoms with Crippen LogP contribution < -0.4 is 5.73 Å². The molecular weight excluding hydrogens is 147 g/mol. The molecule has 0 radical (unpaired) electrons. The smallest absolute Gasteiger partial charge is 0.693 e. The topological polar surface area (TPSA) is 59.5 Å². The number of hydrogen-bond acceptors (Lipinski definition) is 1. The van der Waals surface area contributed by atoms with E-state index in [1.54, 1.807) is 12.2 Å². The van der Waals surface area contributed by atoms with Crippen molar-refractivity contribution in [2.75, 3.05) is 0 Å². The Labute approximate surface area is 57.0 Å². The molecule has 0 aliphatic rings. The Bertz CT molecular complexity index is 107.